The van der Waals surface area contributed by atoms with Gasteiger partial charge in [0.15, 0.2) is 9.84 Å². The van der Waals surface area contributed by atoms with Gasteiger partial charge in [-0.15, -0.1) is 0 Å². The Labute approximate surface area is 122 Å². The van der Waals surface area contributed by atoms with Gasteiger partial charge in [0.1, 0.15) is 0 Å². The molecule has 1 aliphatic rings. The van der Waals surface area contributed by atoms with E-state index in [1.807, 2.05) is 6.92 Å². The minimum atomic E-state index is -2.94. The van der Waals surface area contributed by atoms with Crippen molar-refractivity contribution in [1.29, 1.82) is 0 Å². The second-order valence-electron chi connectivity index (χ2n) is 6.77. The Kier molecular flexibility index (Phi) is 4.26. The van der Waals surface area contributed by atoms with Crippen LogP contribution in [0.4, 0.5) is 0 Å². The highest BCUT2D eigenvalue weighted by Gasteiger charge is 2.31. The van der Waals surface area contributed by atoms with Crippen LogP contribution in [0.1, 0.15) is 51.3 Å². The van der Waals surface area contributed by atoms with Crippen LogP contribution < -0.4 is 5.32 Å². The van der Waals surface area contributed by atoms with Gasteiger partial charge in [0.2, 0.25) is 0 Å². The van der Waals surface area contributed by atoms with E-state index in [0.717, 1.165) is 12.0 Å². The van der Waals surface area contributed by atoms with Gasteiger partial charge >= 0.3 is 0 Å². The Bertz CT molecular complexity index is 555. The fourth-order valence-corrected chi connectivity index (χ4v) is 4.53. The summed E-state index contributed by atoms with van der Waals surface area (Å²) in [5.74, 6) is 0.471. The quantitative estimate of drug-likeness (QED) is 0.912. The first-order valence-corrected chi connectivity index (χ1v) is 9.10. The highest BCUT2D eigenvalue weighted by Crippen LogP contribution is 2.26. The van der Waals surface area contributed by atoms with Crippen LogP contribution in [0.2, 0.25) is 0 Å². The van der Waals surface area contributed by atoms with Crippen LogP contribution >= 0.6 is 0 Å². The van der Waals surface area contributed by atoms with E-state index in [9.17, 15) is 8.42 Å². The van der Waals surface area contributed by atoms with Gasteiger partial charge in [-0.25, -0.2) is 8.42 Å². The average molecular weight is 295 g/mol. The lowest BCUT2D eigenvalue weighted by Gasteiger charge is -2.31. The van der Waals surface area contributed by atoms with Gasteiger partial charge in [0.25, 0.3) is 0 Å². The highest BCUT2D eigenvalue weighted by atomic mass is 32.2. The van der Waals surface area contributed by atoms with E-state index in [4.69, 9.17) is 0 Å². The van der Waals surface area contributed by atoms with Crippen molar-refractivity contribution >= 4 is 9.84 Å². The molecule has 0 bridgehead atoms. The third kappa shape index (κ3) is 3.61. The molecule has 1 aliphatic heterocycles. The van der Waals surface area contributed by atoms with E-state index < -0.39 is 9.84 Å². The van der Waals surface area contributed by atoms with Gasteiger partial charge in [0, 0.05) is 12.1 Å². The summed E-state index contributed by atoms with van der Waals surface area (Å²) in [4.78, 5) is 0. The molecule has 1 fully saturated rings. The second kappa shape index (κ2) is 5.49. The summed E-state index contributed by atoms with van der Waals surface area (Å²) >= 11 is 0. The van der Waals surface area contributed by atoms with Crippen molar-refractivity contribution in [2.75, 3.05) is 11.5 Å². The molecule has 2 rings (SSSR count). The van der Waals surface area contributed by atoms with Gasteiger partial charge in [-0.05, 0) is 23.0 Å². The lowest BCUT2D eigenvalue weighted by Crippen LogP contribution is -2.46. The summed E-state index contributed by atoms with van der Waals surface area (Å²) in [6.45, 7) is 8.56. The first kappa shape index (κ1) is 15.5. The predicted octanol–water partition coefficient (Wildman–Crippen LogP) is 2.82. The third-order valence-corrected chi connectivity index (χ3v) is 5.74. The predicted molar refractivity (Wildman–Crippen MR) is 83.8 cm³/mol. The molecule has 4 heteroatoms. The SMILES string of the molecule is CCC1CS(=O)(=O)CC(c2ccc(C(C)(C)C)cc2)N1. The molecule has 1 heterocycles. The largest absolute Gasteiger partial charge is 0.305 e. The summed E-state index contributed by atoms with van der Waals surface area (Å²) < 4.78 is 24.0. The zero-order valence-electron chi connectivity index (χ0n) is 12.8. The minimum absolute atomic E-state index is 0.0704. The normalized spacial score (nSPS) is 26.4. The van der Waals surface area contributed by atoms with Gasteiger partial charge in [-0.1, -0.05) is 52.0 Å². The van der Waals surface area contributed by atoms with Crippen LogP contribution in [-0.2, 0) is 15.3 Å². The van der Waals surface area contributed by atoms with Crippen molar-refractivity contribution in [3.05, 3.63) is 35.4 Å². The molecule has 0 spiro atoms. The van der Waals surface area contributed by atoms with E-state index in [0.29, 0.717) is 0 Å². The lowest BCUT2D eigenvalue weighted by atomic mass is 9.86. The molecular weight excluding hydrogens is 270 g/mol. The van der Waals surface area contributed by atoms with Crippen LogP contribution in [0.5, 0.6) is 0 Å². The van der Waals surface area contributed by atoms with Gasteiger partial charge in [-0.2, -0.15) is 0 Å². The van der Waals surface area contributed by atoms with E-state index in [1.165, 1.54) is 5.56 Å². The number of rotatable bonds is 2. The Morgan fingerprint density at radius 2 is 1.75 bits per heavy atom. The monoisotopic (exact) mass is 295 g/mol. The van der Waals surface area contributed by atoms with Crippen molar-refractivity contribution in [3.8, 4) is 0 Å². The Balaban J connectivity index is 2.23. The van der Waals surface area contributed by atoms with Gasteiger partial charge < -0.3 is 5.32 Å². The molecule has 1 aromatic rings. The molecule has 1 saturated heterocycles. The van der Waals surface area contributed by atoms with Crippen LogP contribution in [0.25, 0.3) is 0 Å². The molecule has 0 aromatic heterocycles. The second-order valence-corrected chi connectivity index (χ2v) is 8.93. The summed E-state index contributed by atoms with van der Waals surface area (Å²) in [5.41, 5.74) is 2.46. The maximum absolute atomic E-state index is 12.0. The van der Waals surface area contributed by atoms with Crippen molar-refractivity contribution in [2.24, 2.45) is 0 Å². The standard InChI is InChI=1S/C16H25NO2S/c1-5-14-10-20(18,19)11-15(17-14)12-6-8-13(9-7-12)16(2,3)4/h6-9,14-15,17H,5,10-11H2,1-4H3. The Hall–Kier alpha value is -0.870. The Morgan fingerprint density at radius 1 is 1.15 bits per heavy atom. The highest BCUT2D eigenvalue weighted by molar-refractivity contribution is 7.91. The molecule has 2 unspecified atom stereocenters. The molecule has 1 aromatic carbocycles. The molecule has 0 amide bonds. The first-order valence-electron chi connectivity index (χ1n) is 7.28. The zero-order chi connectivity index (χ0) is 15.0. The lowest BCUT2D eigenvalue weighted by molar-refractivity contribution is 0.440. The number of nitrogens with one attached hydrogen (secondary N) is 1. The first-order chi connectivity index (χ1) is 9.21. The van der Waals surface area contributed by atoms with Crippen molar-refractivity contribution < 1.29 is 8.42 Å². The van der Waals surface area contributed by atoms with E-state index in [-0.39, 0.29) is 29.0 Å². The van der Waals surface area contributed by atoms with Gasteiger partial charge in [0.05, 0.1) is 11.5 Å². The Morgan fingerprint density at radius 3 is 2.25 bits per heavy atom. The third-order valence-electron chi connectivity index (χ3n) is 3.98. The number of benzene rings is 1. The van der Waals surface area contributed by atoms with Gasteiger partial charge in [-0.3, -0.25) is 0 Å². The molecule has 1 N–H and O–H groups in total. The zero-order valence-corrected chi connectivity index (χ0v) is 13.6. The maximum atomic E-state index is 12.0. The fraction of sp³-hybridized carbons (Fsp3) is 0.625. The van der Waals surface area contributed by atoms with Crippen LogP contribution in [-0.4, -0.2) is 26.0 Å². The van der Waals surface area contributed by atoms with Crippen molar-refractivity contribution in [1.82, 2.24) is 5.32 Å². The maximum Gasteiger partial charge on any atom is 0.153 e. The smallest absolute Gasteiger partial charge is 0.153 e. The average Bonchev–Trinajstić information content (AvgIpc) is 2.36. The van der Waals surface area contributed by atoms with Crippen molar-refractivity contribution in [3.63, 3.8) is 0 Å². The summed E-state index contributed by atoms with van der Waals surface area (Å²) in [7, 11) is -2.94. The summed E-state index contributed by atoms with van der Waals surface area (Å²) in [5, 5.41) is 3.45. The molecule has 0 aliphatic carbocycles. The topological polar surface area (TPSA) is 46.2 Å². The molecule has 112 valence electrons. The molecule has 0 radical (unpaired) electrons. The number of sulfone groups is 1. The van der Waals surface area contributed by atoms with E-state index in [2.05, 4.69) is 50.4 Å². The van der Waals surface area contributed by atoms with Crippen LogP contribution in [0, 0.1) is 0 Å². The van der Waals surface area contributed by atoms with E-state index in [1.54, 1.807) is 0 Å². The summed E-state index contributed by atoms with van der Waals surface area (Å²) in [6.07, 6.45) is 0.843. The molecule has 3 nitrogen and oxygen atoms in total. The van der Waals surface area contributed by atoms with Crippen LogP contribution in [0.3, 0.4) is 0 Å². The van der Waals surface area contributed by atoms with Crippen LogP contribution in [0.15, 0.2) is 24.3 Å². The minimum Gasteiger partial charge on any atom is -0.305 e. The molecular formula is C16H25NO2S. The number of hydrogen-bond acceptors (Lipinski definition) is 3. The van der Waals surface area contributed by atoms with Crippen molar-refractivity contribution in [2.45, 2.75) is 51.6 Å². The molecule has 0 saturated carbocycles. The molecule has 20 heavy (non-hydrogen) atoms. The number of hydrogen-bond donors (Lipinski definition) is 1. The van der Waals surface area contributed by atoms with E-state index >= 15 is 0 Å². The summed E-state index contributed by atoms with van der Waals surface area (Å²) in [6, 6.07) is 8.34. The molecule has 2 atom stereocenters. The fourth-order valence-electron chi connectivity index (χ4n) is 2.65.